The summed E-state index contributed by atoms with van der Waals surface area (Å²) in [5.41, 5.74) is 1.05. The second-order valence-corrected chi connectivity index (χ2v) is 4.25. The number of carbonyl (C=O) groups is 1. The number of hydrogen-bond acceptors (Lipinski definition) is 3. The van der Waals surface area contributed by atoms with Crippen LogP contribution < -0.4 is 14.8 Å². The fourth-order valence-electron chi connectivity index (χ4n) is 2.30. The summed E-state index contributed by atoms with van der Waals surface area (Å²) in [6.07, 6.45) is 2.25. The average molecular weight is 247 g/mol. The van der Waals surface area contributed by atoms with Crippen LogP contribution in [0.2, 0.25) is 0 Å². The molecule has 18 heavy (non-hydrogen) atoms. The molecule has 0 bridgehead atoms. The van der Waals surface area contributed by atoms with Gasteiger partial charge in [0.15, 0.2) is 11.5 Å². The lowest BCUT2D eigenvalue weighted by molar-refractivity contribution is -0.119. The van der Waals surface area contributed by atoms with Crippen molar-refractivity contribution in [2.24, 2.45) is 0 Å². The van der Waals surface area contributed by atoms with Gasteiger partial charge in [0.05, 0.1) is 20.3 Å². The Morgan fingerprint density at radius 3 is 2.67 bits per heavy atom. The van der Waals surface area contributed by atoms with E-state index in [9.17, 15) is 4.79 Å². The molecule has 1 aromatic carbocycles. The predicted octanol–water partition coefficient (Wildman–Crippen LogP) is 1.86. The normalized spacial score (nSPS) is 22.4. The van der Waals surface area contributed by atoms with Gasteiger partial charge >= 0.3 is 0 Å². The van der Waals surface area contributed by atoms with Gasteiger partial charge < -0.3 is 14.8 Å². The Morgan fingerprint density at radius 2 is 2.06 bits per heavy atom. The third kappa shape index (κ3) is 2.18. The molecule has 1 amide bonds. The lowest BCUT2D eigenvalue weighted by Crippen LogP contribution is -2.25. The summed E-state index contributed by atoms with van der Waals surface area (Å²) in [7, 11) is 3.20. The van der Waals surface area contributed by atoms with Gasteiger partial charge in [-0.3, -0.25) is 4.79 Å². The third-order valence-corrected chi connectivity index (χ3v) is 3.26. The van der Waals surface area contributed by atoms with Crippen molar-refractivity contribution in [3.05, 3.63) is 36.4 Å². The monoisotopic (exact) mass is 247 g/mol. The molecular weight excluding hydrogens is 230 g/mol. The zero-order chi connectivity index (χ0) is 13.1. The molecule has 96 valence electrons. The van der Waals surface area contributed by atoms with Crippen molar-refractivity contribution in [1.29, 1.82) is 0 Å². The molecule has 0 aliphatic carbocycles. The molecule has 2 atom stereocenters. The largest absolute Gasteiger partial charge is 0.493 e. The van der Waals surface area contributed by atoms with Gasteiger partial charge in [0.25, 0.3) is 0 Å². The first-order valence-electron chi connectivity index (χ1n) is 5.83. The first kappa shape index (κ1) is 12.5. The topological polar surface area (TPSA) is 47.6 Å². The van der Waals surface area contributed by atoms with Gasteiger partial charge in [0, 0.05) is 12.3 Å². The fourth-order valence-corrected chi connectivity index (χ4v) is 2.30. The summed E-state index contributed by atoms with van der Waals surface area (Å²) >= 11 is 0. The molecule has 2 rings (SSSR count). The van der Waals surface area contributed by atoms with Crippen LogP contribution in [0.25, 0.3) is 0 Å². The first-order chi connectivity index (χ1) is 8.69. The van der Waals surface area contributed by atoms with E-state index in [1.54, 1.807) is 20.3 Å². The van der Waals surface area contributed by atoms with E-state index in [4.69, 9.17) is 9.47 Å². The molecule has 1 heterocycles. The number of ether oxygens (including phenoxy) is 2. The van der Waals surface area contributed by atoms with Crippen LogP contribution in [0.15, 0.2) is 30.9 Å². The molecule has 2 unspecified atom stereocenters. The Labute approximate surface area is 107 Å². The van der Waals surface area contributed by atoms with Gasteiger partial charge in [-0.15, -0.1) is 6.58 Å². The molecule has 1 aliphatic heterocycles. The Kier molecular flexibility index (Phi) is 3.55. The lowest BCUT2D eigenvalue weighted by Gasteiger charge is -2.17. The van der Waals surface area contributed by atoms with Crippen molar-refractivity contribution in [2.45, 2.75) is 18.4 Å². The molecule has 4 heteroatoms. The van der Waals surface area contributed by atoms with Crippen LogP contribution in [0.5, 0.6) is 11.5 Å². The Bertz CT molecular complexity index is 470. The minimum absolute atomic E-state index is 0.0180. The van der Waals surface area contributed by atoms with Crippen LogP contribution >= 0.6 is 0 Å². The molecule has 0 spiro atoms. The van der Waals surface area contributed by atoms with Crippen molar-refractivity contribution < 1.29 is 14.3 Å². The van der Waals surface area contributed by atoms with Crippen molar-refractivity contribution in [3.8, 4) is 11.5 Å². The minimum Gasteiger partial charge on any atom is -0.493 e. The molecular formula is C14H17NO3. The van der Waals surface area contributed by atoms with Crippen LogP contribution in [-0.2, 0) is 4.79 Å². The highest BCUT2D eigenvalue weighted by Gasteiger charge is 2.31. The minimum atomic E-state index is -0.0180. The number of nitrogens with one attached hydrogen (secondary N) is 1. The smallest absolute Gasteiger partial charge is 0.221 e. The maximum absolute atomic E-state index is 11.5. The maximum atomic E-state index is 11.5. The summed E-state index contributed by atoms with van der Waals surface area (Å²) in [6.45, 7) is 3.76. The molecule has 0 saturated carbocycles. The van der Waals surface area contributed by atoms with E-state index in [-0.39, 0.29) is 17.9 Å². The lowest BCUT2D eigenvalue weighted by atomic mass is 9.91. The van der Waals surface area contributed by atoms with E-state index in [0.717, 1.165) is 5.56 Å². The van der Waals surface area contributed by atoms with E-state index in [1.807, 2.05) is 18.2 Å². The fraction of sp³-hybridized carbons (Fsp3) is 0.357. The molecule has 0 radical (unpaired) electrons. The van der Waals surface area contributed by atoms with Crippen molar-refractivity contribution >= 4 is 5.91 Å². The zero-order valence-corrected chi connectivity index (χ0v) is 10.6. The van der Waals surface area contributed by atoms with Gasteiger partial charge in [-0.2, -0.15) is 0 Å². The summed E-state index contributed by atoms with van der Waals surface area (Å²) in [6, 6.07) is 5.72. The van der Waals surface area contributed by atoms with Crippen LogP contribution in [-0.4, -0.2) is 26.2 Å². The van der Waals surface area contributed by atoms with E-state index < -0.39 is 0 Å². The van der Waals surface area contributed by atoms with Crippen LogP contribution in [0, 0.1) is 0 Å². The van der Waals surface area contributed by atoms with Gasteiger partial charge in [-0.25, -0.2) is 0 Å². The number of rotatable bonds is 4. The van der Waals surface area contributed by atoms with Crippen LogP contribution in [0.3, 0.4) is 0 Å². The van der Waals surface area contributed by atoms with Gasteiger partial charge in [0.2, 0.25) is 5.91 Å². The number of methoxy groups -OCH3 is 2. The van der Waals surface area contributed by atoms with Crippen LogP contribution in [0.1, 0.15) is 17.9 Å². The standard InChI is InChI=1S/C14H17NO3/c1-4-11-10(8-14(16)15-11)9-5-6-12(17-2)13(7-9)18-3/h4-7,10-11H,1,8H2,2-3H3,(H,15,16). The number of carbonyl (C=O) groups excluding carboxylic acids is 1. The second-order valence-electron chi connectivity index (χ2n) is 4.25. The Hall–Kier alpha value is -1.97. The average Bonchev–Trinajstić information content (AvgIpc) is 2.79. The zero-order valence-electron chi connectivity index (χ0n) is 10.6. The summed E-state index contributed by atoms with van der Waals surface area (Å²) in [5, 5.41) is 2.89. The molecule has 1 saturated heterocycles. The highest BCUT2D eigenvalue weighted by Crippen LogP contribution is 2.35. The van der Waals surface area contributed by atoms with Gasteiger partial charge in [0.1, 0.15) is 0 Å². The second kappa shape index (κ2) is 5.12. The SMILES string of the molecule is C=CC1NC(=O)CC1c1ccc(OC)c(OC)c1. The molecule has 1 N–H and O–H groups in total. The quantitative estimate of drug-likeness (QED) is 0.826. The number of amides is 1. The van der Waals surface area contributed by atoms with Crippen molar-refractivity contribution in [3.63, 3.8) is 0 Å². The van der Waals surface area contributed by atoms with Crippen molar-refractivity contribution in [1.82, 2.24) is 5.32 Å². The van der Waals surface area contributed by atoms with Gasteiger partial charge in [-0.05, 0) is 17.7 Å². The summed E-state index contributed by atoms with van der Waals surface area (Å²) in [5.74, 6) is 1.53. The molecule has 0 aromatic heterocycles. The van der Waals surface area contributed by atoms with E-state index in [1.165, 1.54) is 0 Å². The highest BCUT2D eigenvalue weighted by molar-refractivity contribution is 5.80. The number of hydrogen-bond donors (Lipinski definition) is 1. The predicted molar refractivity (Wildman–Crippen MR) is 69.0 cm³/mol. The Morgan fingerprint density at radius 1 is 1.33 bits per heavy atom. The van der Waals surface area contributed by atoms with Crippen LogP contribution in [0.4, 0.5) is 0 Å². The third-order valence-electron chi connectivity index (χ3n) is 3.26. The Balaban J connectivity index is 2.33. The maximum Gasteiger partial charge on any atom is 0.221 e. The molecule has 1 aliphatic rings. The first-order valence-corrected chi connectivity index (χ1v) is 5.83. The molecule has 1 aromatic rings. The van der Waals surface area contributed by atoms with E-state index >= 15 is 0 Å². The van der Waals surface area contributed by atoms with Crippen molar-refractivity contribution in [2.75, 3.05) is 14.2 Å². The van der Waals surface area contributed by atoms with E-state index in [0.29, 0.717) is 17.9 Å². The molecule has 1 fully saturated rings. The van der Waals surface area contributed by atoms with E-state index in [2.05, 4.69) is 11.9 Å². The number of benzene rings is 1. The molecule has 4 nitrogen and oxygen atoms in total. The van der Waals surface area contributed by atoms with Gasteiger partial charge in [-0.1, -0.05) is 12.1 Å². The summed E-state index contributed by atoms with van der Waals surface area (Å²) < 4.78 is 10.5. The summed E-state index contributed by atoms with van der Waals surface area (Å²) in [4.78, 5) is 11.5. The highest BCUT2D eigenvalue weighted by atomic mass is 16.5.